The summed E-state index contributed by atoms with van der Waals surface area (Å²) in [6, 6.07) is 16.7. The predicted molar refractivity (Wildman–Crippen MR) is 187 cm³/mol. The minimum absolute atomic E-state index is 0.117. The molecule has 2 aliphatic rings. The maximum absolute atomic E-state index is 13.1. The Morgan fingerprint density at radius 1 is 0.957 bits per heavy atom. The van der Waals surface area contributed by atoms with Crippen molar-refractivity contribution in [3.63, 3.8) is 0 Å². The molecule has 1 aliphatic heterocycles. The molecule has 0 aromatic heterocycles. The zero-order valence-corrected chi connectivity index (χ0v) is 29.2. The minimum Gasteiger partial charge on any atom is -0.373 e. The van der Waals surface area contributed by atoms with E-state index in [0.717, 1.165) is 62.6 Å². The average molecular weight is 647 g/mol. The number of urea groups is 1. The van der Waals surface area contributed by atoms with Crippen molar-refractivity contribution in [2.24, 2.45) is 16.3 Å². The van der Waals surface area contributed by atoms with Gasteiger partial charge in [0.2, 0.25) is 12.1 Å². The van der Waals surface area contributed by atoms with Gasteiger partial charge in [0.1, 0.15) is 0 Å². The highest BCUT2D eigenvalue weighted by Gasteiger charge is 2.31. The third-order valence-corrected chi connectivity index (χ3v) is 8.81. The molecule has 0 spiro atoms. The molecule has 1 aliphatic carbocycles. The van der Waals surface area contributed by atoms with Gasteiger partial charge in [-0.05, 0) is 78.3 Å². The van der Waals surface area contributed by atoms with Crippen molar-refractivity contribution < 1.29 is 19.1 Å². The molecule has 1 fully saturated rings. The first-order chi connectivity index (χ1) is 22.2. The number of carbonyl (C=O) groups excluding carboxylic acids is 3. The van der Waals surface area contributed by atoms with Crippen LogP contribution in [0.2, 0.25) is 0 Å². The average Bonchev–Trinajstić information content (AvgIpc) is 3.10. The van der Waals surface area contributed by atoms with Gasteiger partial charge in [-0.1, -0.05) is 75.2 Å². The Morgan fingerprint density at radius 3 is 2.26 bits per heavy atom. The summed E-state index contributed by atoms with van der Waals surface area (Å²) in [6.07, 6.45) is 5.42. The number of hydrogen-bond acceptors (Lipinski definition) is 6. The molecule has 4 N–H and O–H groups in total. The van der Waals surface area contributed by atoms with E-state index in [1.165, 1.54) is 0 Å². The number of benzodiazepines with no additional fused rings is 1. The Balaban J connectivity index is 1.26. The molecule has 10 heteroatoms. The summed E-state index contributed by atoms with van der Waals surface area (Å²) in [7, 11) is 2.22. The number of aliphatic imine (C=N–C) groups is 1. The molecule has 10 nitrogen and oxygen atoms in total. The fraction of sp³-hybridized carbons (Fsp3) is 0.568. The highest BCUT2D eigenvalue weighted by Crippen LogP contribution is 2.31. The zero-order valence-electron chi connectivity index (χ0n) is 29.2. The van der Waals surface area contributed by atoms with Crippen molar-refractivity contribution in [1.82, 2.24) is 21.1 Å². The summed E-state index contributed by atoms with van der Waals surface area (Å²) in [5.41, 5.74) is 7.76. The molecule has 47 heavy (non-hydrogen) atoms. The molecule has 0 saturated heterocycles. The third kappa shape index (κ3) is 10.9. The second kappa shape index (κ2) is 15.9. The highest BCUT2D eigenvalue weighted by molar-refractivity contribution is 6.19. The Bertz CT molecular complexity index is 1390. The van der Waals surface area contributed by atoms with Gasteiger partial charge in [-0.15, -0.1) is 0 Å². The van der Waals surface area contributed by atoms with Gasteiger partial charge < -0.3 is 20.3 Å². The number of hydrazine groups is 1. The van der Waals surface area contributed by atoms with E-state index in [9.17, 15) is 14.4 Å². The van der Waals surface area contributed by atoms with Gasteiger partial charge in [0, 0.05) is 29.6 Å². The first-order valence-corrected chi connectivity index (χ1v) is 17.0. The molecule has 1 unspecified atom stereocenters. The summed E-state index contributed by atoms with van der Waals surface area (Å²) >= 11 is 0. The molecule has 4 rings (SSSR count). The van der Waals surface area contributed by atoms with E-state index in [1.807, 2.05) is 48.5 Å². The number of nitrogens with zero attached hydrogens (tertiary/aromatic N) is 2. The number of hydrogen-bond donors (Lipinski definition) is 4. The third-order valence-electron chi connectivity index (χ3n) is 8.81. The minimum atomic E-state index is -1.19. The van der Waals surface area contributed by atoms with Crippen LogP contribution in [-0.2, 0) is 14.3 Å². The van der Waals surface area contributed by atoms with Crippen molar-refractivity contribution in [2.45, 2.75) is 110 Å². The van der Waals surface area contributed by atoms with Gasteiger partial charge in [-0.2, -0.15) is 0 Å². The second-order valence-electron chi connectivity index (χ2n) is 14.9. The van der Waals surface area contributed by atoms with Crippen LogP contribution in [0.5, 0.6) is 0 Å². The monoisotopic (exact) mass is 646 g/mol. The summed E-state index contributed by atoms with van der Waals surface area (Å²) in [5.74, 6) is -0.876. The fourth-order valence-corrected chi connectivity index (χ4v) is 7.05. The number of carbonyl (C=O) groups is 3. The largest absolute Gasteiger partial charge is 0.373 e. The second-order valence-corrected chi connectivity index (χ2v) is 14.9. The van der Waals surface area contributed by atoms with Crippen LogP contribution >= 0.6 is 0 Å². The van der Waals surface area contributed by atoms with Crippen LogP contribution in [0.1, 0.15) is 97.6 Å². The van der Waals surface area contributed by atoms with Gasteiger partial charge in [0.05, 0.1) is 23.1 Å². The highest BCUT2D eigenvalue weighted by atomic mass is 16.5. The van der Waals surface area contributed by atoms with Crippen LogP contribution in [-0.4, -0.2) is 66.0 Å². The van der Waals surface area contributed by atoms with Crippen molar-refractivity contribution in [3.05, 3.63) is 65.7 Å². The number of anilines is 1. The molecule has 1 saturated carbocycles. The number of nitrogens with one attached hydrogen (secondary N) is 4. The van der Waals surface area contributed by atoms with E-state index in [4.69, 9.17) is 4.74 Å². The van der Waals surface area contributed by atoms with Crippen LogP contribution in [0.3, 0.4) is 0 Å². The standard InChI is InChI=1S/C37H54N6O4/c1-25(47-36(2,3)4)23-37(5,6)24-43(7)28-19-13-17-27(18-14-20-28)33(44)41-42-35(46)40-32-34(45)38-30-22-12-11-21-29(30)31(39-32)26-15-9-8-10-16-26/h8-12,15-16,21-22,25,27-28,32H,13-14,17-20,23-24H2,1-7H3,(H,38,45)(H,41,44)(H2,40,42,46)/t25?,27?,28?,32-/m1/s1. The molecule has 0 radical (unpaired) electrons. The Kier molecular flexibility index (Phi) is 12.2. The first kappa shape index (κ1) is 36.1. The van der Waals surface area contributed by atoms with Crippen molar-refractivity contribution >= 4 is 29.2 Å². The Morgan fingerprint density at radius 2 is 1.60 bits per heavy atom. The van der Waals surface area contributed by atoms with E-state index in [0.29, 0.717) is 17.4 Å². The maximum atomic E-state index is 13.1. The Hall–Kier alpha value is -3.76. The SMILES string of the molecule is CC(CC(C)(C)CN(C)C1CCCC(C(=O)NNC(=O)N[C@H]2N=C(c3ccccc3)c3ccccc3NC2=O)CCC1)OC(C)(C)C. The summed E-state index contributed by atoms with van der Waals surface area (Å²) in [4.78, 5) is 46.1. The number of fused-ring (bicyclic) bond motifs is 1. The zero-order chi connectivity index (χ0) is 34.2. The van der Waals surface area contributed by atoms with Gasteiger partial charge in [0.25, 0.3) is 5.91 Å². The summed E-state index contributed by atoms with van der Waals surface area (Å²) in [6.45, 7) is 14.1. The first-order valence-electron chi connectivity index (χ1n) is 17.0. The normalized spacial score (nSPS) is 21.2. The lowest BCUT2D eigenvalue weighted by atomic mass is 9.84. The van der Waals surface area contributed by atoms with Gasteiger partial charge >= 0.3 is 6.03 Å². The number of amides is 4. The Labute approximate surface area is 280 Å². The molecule has 2 atom stereocenters. The summed E-state index contributed by atoms with van der Waals surface area (Å²) < 4.78 is 6.18. The van der Waals surface area contributed by atoms with Crippen LogP contribution in [0.4, 0.5) is 10.5 Å². The van der Waals surface area contributed by atoms with Crippen LogP contribution < -0.4 is 21.5 Å². The maximum Gasteiger partial charge on any atom is 0.335 e. The van der Waals surface area contributed by atoms with Crippen LogP contribution in [0.15, 0.2) is 59.6 Å². The number of ether oxygens (including phenoxy) is 1. The molecule has 1 heterocycles. The van der Waals surface area contributed by atoms with E-state index >= 15 is 0 Å². The molecule has 4 amide bonds. The lowest BCUT2D eigenvalue weighted by molar-refractivity contribution is -0.126. The number of rotatable bonds is 9. The van der Waals surface area contributed by atoms with E-state index in [1.54, 1.807) is 6.07 Å². The van der Waals surface area contributed by atoms with Crippen molar-refractivity contribution in [1.29, 1.82) is 0 Å². The van der Waals surface area contributed by atoms with Crippen molar-refractivity contribution in [2.75, 3.05) is 18.9 Å². The topological polar surface area (TPSA) is 124 Å². The van der Waals surface area contributed by atoms with Crippen LogP contribution in [0, 0.1) is 11.3 Å². The number of para-hydroxylation sites is 1. The van der Waals surface area contributed by atoms with E-state index < -0.39 is 18.1 Å². The van der Waals surface area contributed by atoms with E-state index in [2.05, 4.69) is 80.0 Å². The molecule has 2 aromatic carbocycles. The van der Waals surface area contributed by atoms with Gasteiger partial charge in [-0.25, -0.2) is 15.2 Å². The van der Waals surface area contributed by atoms with Crippen molar-refractivity contribution in [3.8, 4) is 0 Å². The fourth-order valence-electron chi connectivity index (χ4n) is 7.05. The van der Waals surface area contributed by atoms with Crippen LogP contribution in [0.25, 0.3) is 0 Å². The molecule has 0 bridgehead atoms. The molecular formula is C37H54N6O4. The van der Waals surface area contributed by atoms with Gasteiger partial charge in [0.15, 0.2) is 0 Å². The lowest BCUT2D eigenvalue weighted by Crippen LogP contribution is -2.53. The molecule has 256 valence electrons. The number of benzene rings is 2. The molecule has 2 aromatic rings. The van der Waals surface area contributed by atoms with Gasteiger partial charge in [-0.3, -0.25) is 15.0 Å². The predicted octanol–water partition coefficient (Wildman–Crippen LogP) is 6.02. The summed E-state index contributed by atoms with van der Waals surface area (Å²) in [5, 5.41) is 5.46. The van der Waals surface area contributed by atoms with E-state index in [-0.39, 0.29) is 28.9 Å². The molecular weight excluding hydrogens is 592 g/mol. The quantitative estimate of drug-likeness (QED) is 0.248. The lowest BCUT2D eigenvalue weighted by Gasteiger charge is -2.38. The smallest absolute Gasteiger partial charge is 0.335 e.